The van der Waals surface area contributed by atoms with Crippen LogP contribution in [0.25, 0.3) is 0 Å². The molecule has 0 aliphatic heterocycles. The van der Waals surface area contributed by atoms with E-state index in [4.69, 9.17) is 0 Å². The van der Waals surface area contributed by atoms with Crippen LogP contribution in [-0.2, 0) is 4.79 Å². The molecule has 4 nitrogen and oxygen atoms in total. The molecule has 0 aromatic carbocycles. The number of aliphatic hydroxyl groups is 3. The van der Waals surface area contributed by atoms with Crippen molar-refractivity contribution in [3.8, 4) is 0 Å². The van der Waals surface area contributed by atoms with Crippen molar-refractivity contribution in [3.05, 3.63) is 12.2 Å². The van der Waals surface area contributed by atoms with Gasteiger partial charge in [0.15, 0.2) is 5.78 Å². The second-order valence-electron chi connectivity index (χ2n) is 9.68. The van der Waals surface area contributed by atoms with Crippen LogP contribution in [0, 0.1) is 34.0 Å². The van der Waals surface area contributed by atoms with Gasteiger partial charge in [0.05, 0.1) is 23.7 Å². The van der Waals surface area contributed by atoms with Gasteiger partial charge in [0.2, 0.25) is 0 Å². The molecular formula is C20H30O4. The van der Waals surface area contributed by atoms with Crippen LogP contribution in [-0.4, -0.2) is 39.4 Å². The monoisotopic (exact) mass is 334 g/mol. The Hall–Kier alpha value is -0.710. The highest BCUT2D eigenvalue weighted by Gasteiger charge is 2.75. The lowest BCUT2D eigenvalue weighted by Crippen LogP contribution is -2.69. The Kier molecular flexibility index (Phi) is 3.29. The van der Waals surface area contributed by atoms with Gasteiger partial charge in [-0.15, -0.1) is 0 Å². The Balaban J connectivity index is 1.91. The smallest absolute Gasteiger partial charge is 0.170 e. The molecule has 0 radical (unpaired) electrons. The van der Waals surface area contributed by atoms with Gasteiger partial charge in [-0.25, -0.2) is 0 Å². The fourth-order valence-electron chi connectivity index (χ4n) is 7.33. The lowest BCUT2D eigenvalue weighted by atomic mass is 9.39. The van der Waals surface area contributed by atoms with Crippen LogP contribution < -0.4 is 0 Å². The summed E-state index contributed by atoms with van der Waals surface area (Å²) in [5.41, 5.74) is -1.11. The van der Waals surface area contributed by atoms with Crippen LogP contribution in [0.4, 0.5) is 0 Å². The zero-order valence-corrected chi connectivity index (χ0v) is 15.0. The number of ketones is 1. The summed E-state index contributed by atoms with van der Waals surface area (Å²) in [6.45, 7) is 10.5. The van der Waals surface area contributed by atoms with E-state index >= 15 is 0 Å². The summed E-state index contributed by atoms with van der Waals surface area (Å²) in [7, 11) is 0. The summed E-state index contributed by atoms with van der Waals surface area (Å²) in [6, 6.07) is 0. The Bertz CT molecular complexity index is 611. The minimum Gasteiger partial charge on any atom is -0.393 e. The summed E-state index contributed by atoms with van der Waals surface area (Å²) in [6.07, 6.45) is 1.40. The quantitative estimate of drug-likeness (QED) is 0.593. The molecular weight excluding hydrogens is 304 g/mol. The van der Waals surface area contributed by atoms with Crippen molar-refractivity contribution in [3.63, 3.8) is 0 Å². The fourth-order valence-corrected chi connectivity index (χ4v) is 7.33. The number of hydrogen-bond donors (Lipinski definition) is 3. The molecule has 2 bridgehead atoms. The molecule has 3 N–H and O–H groups in total. The normalized spacial score (nSPS) is 55.9. The van der Waals surface area contributed by atoms with Crippen LogP contribution in [0.3, 0.4) is 0 Å². The number of Topliss-reactive ketones (excluding diaryl/α,β-unsaturated/α-hetero) is 1. The molecule has 0 amide bonds. The third-order valence-electron chi connectivity index (χ3n) is 8.58. The number of aliphatic hydroxyl groups excluding tert-OH is 3. The maximum atomic E-state index is 13.1. The van der Waals surface area contributed by atoms with E-state index in [2.05, 4.69) is 27.4 Å². The Labute approximate surface area is 144 Å². The van der Waals surface area contributed by atoms with Crippen molar-refractivity contribution in [1.82, 2.24) is 0 Å². The minimum absolute atomic E-state index is 0.0109. The fraction of sp³-hybridized carbons (Fsp3) is 0.850. The Morgan fingerprint density at radius 3 is 2.33 bits per heavy atom. The average Bonchev–Trinajstić information content (AvgIpc) is 2.63. The molecule has 4 heteroatoms. The first-order valence-electron chi connectivity index (χ1n) is 9.37. The topological polar surface area (TPSA) is 77.8 Å². The molecule has 0 heterocycles. The predicted octanol–water partition coefficient (Wildman–Crippen LogP) is 2.07. The molecule has 1 spiro atoms. The molecule has 4 saturated carbocycles. The summed E-state index contributed by atoms with van der Waals surface area (Å²) in [5.74, 6) is -0.418. The van der Waals surface area contributed by atoms with E-state index in [9.17, 15) is 20.1 Å². The highest BCUT2D eigenvalue weighted by molar-refractivity contribution is 6.04. The average molecular weight is 334 g/mol. The standard InChI is InChI=1S/C20H30O4/c1-10-11-5-6-12-19(4)13(18(2,3)8-7-14(19)21)9-15(22)20(12,16(10)23)17(11)24/h11-15,17,21-22,24H,1,5-9H2,2-4H3/t11-,12-,13+,14-,15+,17-,19-,20-/m0/s1. The first-order chi connectivity index (χ1) is 11.1. The van der Waals surface area contributed by atoms with Crippen molar-refractivity contribution < 1.29 is 20.1 Å². The molecule has 0 unspecified atom stereocenters. The zero-order chi connectivity index (χ0) is 17.7. The van der Waals surface area contributed by atoms with Gasteiger partial charge >= 0.3 is 0 Å². The van der Waals surface area contributed by atoms with Crippen LogP contribution in [0.2, 0.25) is 0 Å². The van der Waals surface area contributed by atoms with Crippen LogP contribution >= 0.6 is 0 Å². The maximum Gasteiger partial charge on any atom is 0.170 e. The van der Waals surface area contributed by atoms with Gasteiger partial charge in [-0.3, -0.25) is 4.79 Å². The van der Waals surface area contributed by atoms with Crippen LogP contribution in [0.1, 0.15) is 52.9 Å². The highest BCUT2D eigenvalue weighted by Crippen LogP contribution is 2.70. The molecule has 8 atom stereocenters. The molecule has 0 aromatic rings. The summed E-state index contributed by atoms with van der Waals surface area (Å²) < 4.78 is 0. The molecule has 4 aliphatic carbocycles. The largest absolute Gasteiger partial charge is 0.393 e. The lowest BCUT2D eigenvalue weighted by Gasteiger charge is -2.66. The van der Waals surface area contributed by atoms with Gasteiger partial charge in [-0.1, -0.05) is 27.4 Å². The first-order valence-corrected chi connectivity index (χ1v) is 9.37. The van der Waals surface area contributed by atoms with E-state index in [1.54, 1.807) is 0 Å². The number of carbonyl (C=O) groups is 1. The van der Waals surface area contributed by atoms with Gasteiger partial charge in [-0.2, -0.15) is 0 Å². The number of hydrogen-bond acceptors (Lipinski definition) is 4. The molecule has 24 heavy (non-hydrogen) atoms. The van der Waals surface area contributed by atoms with E-state index in [0.717, 1.165) is 25.7 Å². The van der Waals surface area contributed by atoms with E-state index in [1.807, 2.05) is 0 Å². The molecule has 0 saturated heterocycles. The van der Waals surface area contributed by atoms with E-state index in [-0.39, 0.29) is 29.0 Å². The first kappa shape index (κ1) is 16.7. The van der Waals surface area contributed by atoms with Crippen molar-refractivity contribution in [2.45, 2.75) is 71.2 Å². The third kappa shape index (κ3) is 1.59. The SMILES string of the molecule is C=C1C(=O)[C@@]23[C@H](O)C[C@@H]4C(C)(C)CC[C@H](O)[C@@]4(C)[C@@H]2CC[C@@H]1[C@@H]3O. The van der Waals surface area contributed by atoms with E-state index < -0.39 is 29.1 Å². The summed E-state index contributed by atoms with van der Waals surface area (Å²) in [5, 5.41) is 33.1. The highest BCUT2D eigenvalue weighted by atomic mass is 16.3. The van der Waals surface area contributed by atoms with E-state index in [0.29, 0.717) is 12.0 Å². The lowest BCUT2D eigenvalue weighted by molar-refractivity contribution is -0.251. The number of rotatable bonds is 0. The Morgan fingerprint density at radius 2 is 1.67 bits per heavy atom. The third-order valence-corrected chi connectivity index (χ3v) is 8.58. The number of carbonyl (C=O) groups excluding carboxylic acids is 1. The van der Waals surface area contributed by atoms with Gasteiger partial charge in [0.1, 0.15) is 0 Å². The Morgan fingerprint density at radius 1 is 1.00 bits per heavy atom. The summed E-state index contributed by atoms with van der Waals surface area (Å²) >= 11 is 0. The van der Waals surface area contributed by atoms with Gasteiger partial charge in [0, 0.05) is 11.3 Å². The second kappa shape index (κ2) is 4.72. The van der Waals surface area contributed by atoms with Gasteiger partial charge < -0.3 is 15.3 Å². The van der Waals surface area contributed by atoms with Crippen molar-refractivity contribution in [2.24, 2.45) is 34.0 Å². The van der Waals surface area contributed by atoms with Gasteiger partial charge in [0.25, 0.3) is 0 Å². The zero-order valence-electron chi connectivity index (χ0n) is 15.0. The minimum atomic E-state index is -1.15. The van der Waals surface area contributed by atoms with Crippen molar-refractivity contribution >= 4 is 5.78 Å². The molecule has 4 rings (SSSR count). The second-order valence-corrected chi connectivity index (χ2v) is 9.68. The van der Waals surface area contributed by atoms with Gasteiger partial charge in [-0.05, 0) is 54.9 Å². The van der Waals surface area contributed by atoms with E-state index in [1.165, 1.54) is 0 Å². The molecule has 134 valence electrons. The maximum absolute atomic E-state index is 13.1. The molecule has 0 aromatic heterocycles. The number of fused-ring (bicyclic) bond motifs is 3. The van der Waals surface area contributed by atoms with Crippen molar-refractivity contribution in [1.29, 1.82) is 0 Å². The molecule has 4 fully saturated rings. The summed E-state index contributed by atoms with van der Waals surface area (Å²) in [4.78, 5) is 13.1. The van der Waals surface area contributed by atoms with Crippen LogP contribution in [0.5, 0.6) is 0 Å². The van der Waals surface area contributed by atoms with Crippen molar-refractivity contribution in [2.75, 3.05) is 0 Å². The van der Waals surface area contributed by atoms with Crippen LogP contribution in [0.15, 0.2) is 12.2 Å². The predicted molar refractivity (Wildman–Crippen MR) is 90.0 cm³/mol. The molecule has 4 aliphatic rings.